The number of carbonyl (C=O) groups is 1. The van der Waals surface area contributed by atoms with Crippen LogP contribution in [-0.2, 0) is 23.1 Å². The number of benzene rings is 3. The Kier molecular flexibility index (Phi) is 7.48. The number of aromatic nitrogens is 1. The summed E-state index contributed by atoms with van der Waals surface area (Å²) in [4.78, 5) is 16.7. The molecule has 4 rings (SSSR count). The molecule has 1 amide bonds. The van der Waals surface area contributed by atoms with Crippen molar-refractivity contribution >= 4 is 33.2 Å². The van der Waals surface area contributed by atoms with E-state index >= 15 is 0 Å². The summed E-state index contributed by atoms with van der Waals surface area (Å²) in [6.45, 7) is 2.31. The fraction of sp³-hybridized carbons (Fsp3) is 0.111. The molecule has 0 spiro atoms. The van der Waals surface area contributed by atoms with Crippen molar-refractivity contribution in [3.05, 3.63) is 125 Å². The van der Waals surface area contributed by atoms with Gasteiger partial charge in [0.1, 0.15) is 0 Å². The van der Waals surface area contributed by atoms with Gasteiger partial charge in [-0.05, 0) is 72.1 Å². The fourth-order valence-corrected chi connectivity index (χ4v) is 5.28. The Hall–Kier alpha value is -3.68. The molecule has 0 saturated heterocycles. The van der Waals surface area contributed by atoms with Crippen LogP contribution in [0.5, 0.6) is 0 Å². The first-order chi connectivity index (χ1) is 16.8. The van der Waals surface area contributed by atoms with Crippen LogP contribution < -0.4 is 9.62 Å². The summed E-state index contributed by atoms with van der Waals surface area (Å²) < 4.78 is 28.6. The van der Waals surface area contributed by atoms with Gasteiger partial charge in [-0.3, -0.25) is 14.1 Å². The zero-order valence-corrected chi connectivity index (χ0v) is 20.6. The molecule has 0 fully saturated rings. The van der Waals surface area contributed by atoms with E-state index in [1.54, 1.807) is 85.2 Å². The van der Waals surface area contributed by atoms with Crippen molar-refractivity contribution in [3.63, 3.8) is 0 Å². The van der Waals surface area contributed by atoms with Gasteiger partial charge < -0.3 is 5.32 Å². The van der Waals surface area contributed by atoms with Crippen molar-refractivity contribution in [2.45, 2.75) is 24.9 Å². The summed E-state index contributed by atoms with van der Waals surface area (Å²) in [5.74, 6) is -0.215. The van der Waals surface area contributed by atoms with E-state index in [2.05, 4.69) is 10.3 Å². The third kappa shape index (κ3) is 5.88. The molecule has 6 nitrogen and oxygen atoms in total. The second-order valence-corrected chi connectivity index (χ2v) is 10.3. The van der Waals surface area contributed by atoms with Crippen molar-refractivity contribution < 1.29 is 13.2 Å². The average molecular weight is 506 g/mol. The highest BCUT2D eigenvalue weighted by molar-refractivity contribution is 7.92. The van der Waals surface area contributed by atoms with E-state index in [0.717, 1.165) is 16.7 Å². The number of hydrogen-bond acceptors (Lipinski definition) is 4. The van der Waals surface area contributed by atoms with E-state index in [1.807, 2.05) is 19.1 Å². The Morgan fingerprint density at radius 3 is 2.29 bits per heavy atom. The Balaban J connectivity index is 1.59. The van der Waals surface area contributed by atoms with E-state index in [4.69, 9.17) is 11.6 Å². The first-order valence-corrected chi connectivity index (χ1v) is 12.8. The number of amides is 1. The van der Waals surface area contributed by atoms with Gasteiger partial charge in [-0.2, -0.15) is 0 Å². The van der Waals surface area contributed by atoms with Gasteiger partial charge in [0.05, 0.1) is 17.1 Å². The Labute approximate surface area is 210 Å². The number of aryl methyl sites for hydroxylation is 1. The van der Waals surface area contributed by atoms with Crippen LogP contribution in [0.4, 0.5) is 5.69 Å². The second-order valence-electron chi connectivity index (χ2n) is 7.99. The third-order valence-corrected chi connectivity index (χ3v) is 7.52. The number of rotatable bonds is 8. The molecule has 0 unspecified atom stereocenters. The van der Waals surface area contributed by atoms with E-state index < -0.39 is 10.0 Å². The molecule has 0 saturated carbocycles. The first-order valence-electron chi connectivity index (χ1n) is 10.9. The Morgan fingerprint density at radius 2 is 1.60 bits per heavy atom. The lowest BCUT2D eigenvalue weighted by atomic mass is 10.1. The van der Waals surface area contributed by atoms with Gasteiger partial charge in [0.2, 0.25) is 0 Å². The van der Waals surface area contributed by atoms with Gasteiger partial charge in [-0.15, -0.1) is 0 Å². The minimum atomic E-state index is -3.87. The van der Waals surface area contributed by atoms with Crippen LogP contribution in [-0.4, -0.2) is 19.3 Å². The third-order valence-electron chi connectivity index (χ3n) is 5.52. The summed E-state index contributed by atoms with van der Waals surface area (Å²) >= 11 is 6.22. The summed E-state index contributed by atoms with van der Waals surface area (Å²) in [5.41, 5.74) is 3.44. The molecule has 1 aromatic heterocycles. The van der Waals surface area contributed by atoms with Crippen LogP contribution in [0.2, 0.25) is 5.02 Å². The van der Waals surface area contributed by atoms with Gasteiger partial charge in [-0.1, -0.05) is 48.0 Å². The molecule has 0 radical (unpaired) electrons. The normalized spacial score (nSPS) is 11.1. The zero-order valence-electron chi connectivity index (χ0n) is 19.1. The number of anilines is 1. The van der Waals surface area contributed by atoms with E-state index in [-0.39, 0.29) is 17.3 Å². The van der Waals surface area contributed by atoms with Crippen LogP contribution in [0.25, 0.3) is 0 Å². The van der Waals surface area contributed by atoms with E-state index in [0.29, 0.717) is 22.8 Å². The highest BCUT2D eigenvalue weighted by Crippen LogP contribution is 2.31. The molecule has 0 aliphatic carbocycles. The topological polar surface area (TPSA) is 79.4 Å². The molecule has 3 aromatic carbocycles. The molecular weight excluding hydrogens is 482 g/mol. The number of sulfonamides is 1. The molecule has 35 heavy (non-hydrogen) atoms. The minimum absolute atomic E-state index is 0.0807. The average Bonchev–Trinajstić information content (AvgIpc) is 2.89. The summed E-state index contributed by atoms with van der Waals surface area (Å²) in [5, 5.41) is 3.32. The Morgan fingerprint density at radius 1 is 0.914 bits per heavy atom. The SMILES string of the molecule is Cc1ccc(Cl)cc1N(Cc1ccc(C(=O)NCc2ccncc2)cc1)S(=O)(=O)c1ccccc1. The zero-order chi connectivity index (χ0) is 24.8. The van der Waals surface area contributed by atoms with Crippen molar-refractivity contribution in [1.82, 2.24) is 10.3 Å². The summed E-state index contributed by atoms with van der Waals surface area (Å²) in [7, 11) is -3.87. The van der Waals surface area contributed by atoms with Gasteiger partial charge in [0, 0.05) is 29.5 Å². The molecule has 0 bridgehead atoms. The van der Waals surface area contributed by atoms with Gasteiger partial charge >= 0.3 is 0 Å². The van der Waals surface area contributed by atoms with E-state index in [9.17, 15) is 13.2 Å². The fourth-order valence-electron chi connectivity index (χ4n) is 3.58. The summed E-state index contributed by atoms with van der Waals surface area (Å²) in [6.07, 6.45) is 3.35. The number of halogens is 1. The maximum absolute atomic E-state index is 13.6. The number of hydrogen-bond donors (Lipinski definition) is 1. The lowest BCUT2D eigenvalue weighted by molar-refractivity contribution is 0.0951. The number of carbonyl (C=O) groups excluding carboxylic acids is 1. The molecular formula is C27H24ClN3O3S. The molecule has 4 aromatic rings. The van der Waals surface area contributed by atoms with Crippen LogP contribution in [0.15, 0.2) is 102 Å². The number of nitrogens with zero attached hydrogens (tertiary/aromatic N) is 2. The molecule has 1 N–H and O–H groups in total. The van der Waals surface area contributed by atoms with Crippen molar-refractivity contribution in [2.75, 3.05) is 4.31 Å². The monoisotopic (exact) mass is 505 g/mol. The first kappa shape index (κ1) is 24.4. The lowest BCUT2D eigenvalue weighted by Crippen LogP contribution is -2.31. The smallest absolute Gasteiger partial charge is 0.264 e. The van der Waals surface area contributed by atoms with Gasteiger partial charge in [-0.25, -0.2) is 8.42 Å². The highest BCUT2D eigenvalue weighted by atomic mass is 35.5. The largest absolute Gasteiger partial charge is 0.348 e. The molecule has 178 valence electrons. The van der Waals surface area contributed by atoms with Crippen molar-refractivity contribution in [1.29, 1.82) is 0 Å². The highest BCUT2D eigenvalue weighted by Gasteiger charge is 2.26. The minimum Gasteiger partial charge on any atom is -0.348 e. The van der Waals surface area contributed by atoms with Crippen LogP contribution >= 0.6 is 11.6 Å². The quantitative estimate of drug-likeness (QED) is 0.349. The second kappa shape index (κ2) is 10.7. The molecule has 8 heteroatoms. The van der Waals surface area contributed by atoms with Crippen LogP contribution in [0.1, 0.15) is 27.0 Å². The van der Waals surface area contributed by atoms with E-state index in [1.165, 1.54) is 4.31 Å². The Bertz CT molecular complexity index is 1410. The van der Waals surface area contributed by atoms with Crippen molar-refractivity contribution in [2.24, 2.45) is 0 Å². The predicted molar refractivity (Wildman–Crippen MR) is 138 cm³/mol. The standard InChI is InChI=1S/C27H24ClN3O3S/c1-20-7-12-24(28)17-26(20)31(35(33,34)25-5-3-2-4-6-25)19-22-8-10-23(11-9-22)27(32)30-18-21-13-15-29-16-14-21/h2-17H,18-19H2,1H3,(H,30,32). The summed E-state index contributed by atoms with van der Waals surface area (Å²) in [6, 6.07) is 24.0. The molecule has 0 aliphatic heterocycles. The number of nitrogens with one attached hydrogen (secondary N) is 1. The van der Waals surface area contributed by atoms with Crippen molar-refractivity contribution in [3.8, 4) is 0 Å². The maximum atomic E-state index is 13.6. The molecule has 0 aliphatic rings. The maximum Gasteiger partial charge on any atom is 0.264 e. The number of pyridine rings is 1. The van der Waals surface area contributed by atoms with Crippen LogP contribution in [0, 0.1) is 6.92 Å². The molecule has 1 heterocycles. The van der Waals surface area contributed by atoms with Crippen LogP contribution in [0.3, 0.4) is 0 Å². The van der Waals surface area contributed by atoms with Gasteiger partial charge in [0.25, 0.3) is 15.9 Å². The van der Waals surface area contributed by atoms with Gasteiger partial charge in [0.15, 0.2) is 0 Å². The predicted octanol–water partition coefficient (Wildman–Crippen LogP) is 5.37. The molecule has 0 atom stereocenters. The lowest BCUT2D eigenvalue weighted by Gasteiger charge is -2.26.